The standard InChI is InChI=1S/C8H11NO3/c1-5-4-7(11)9-8(12)6(5)2-3-10/h4,10H,2-3H2,1H3,(H2,9,11,12). The van der Waals surface area contributed by atoms with Crippen LogP contribution in [0.4, 0.5) is 0 Å². The summed E-state index contributed by atoms with van der Waals surface area (Å²) >= 11 is 0. The monoisotopic (exact) mass is 169 g/mol. The van der Waals surface area contributed by atoms with E-state index < -0.39 is 0 Å². The van der Waals surface area contributed by atoms with Crippen LogP contribution >= 0.6 is 0 Å². The molecule has 1 rings (SSSR count). The van der Waals surface area contributed by atoms with Gasteiger partial charge < -0.3 is 15.3 Å². The second-order valence-electron chi connectivity index (χ2n) is 2.57. The van der Waals surface area contributed by atoms with Gasteiger partial charge in [0.05, 0.1) is 0 Å². The summed E-state index contributed by atoms with van der Waals surface area (Å²) in [6, 6.07) is 1.45. The van der Waals surface area contributed by atoms with Gasteiger partial charge in [0, 0.05) is 24.7 Å². The van der Waals surface area contributed by atoms with Gasteiger partial charge >= 0.3 is 0 Å². The second kappa shape index (κ2) is 3.40. The van der Waals surface area contributed by atoms with Gasteiger partial charge in [-0.3, -0.25) is 0 Å². The Morgan fingerprint density at radius 2 is 2.08 bits per heavy atom. The summed E-state index contributed by atoms with van der Waals surface area (Å²) in [6.45, 7) is 1.70. The molecule has 0 amide bonds. The lowest BCUT2D eigenvalue weighted by Gasteiger charge is -2.05. The van der Waals surface area contributed by atoms with E-state index in [2.05, 4.69) is 4.98 Å². The molecule has 3 N–H and O–H groups in total. The van der Waals surface area contributed by atoms with Gasteiger partial charge in [-0.25, -0.2) is 0 Å². The zero-order valence-corrected chi connectivity index (χ0v) is 6.78. The molecule has 0 aromatic carbocycles. The Morgan fingerprint density at radius 1 is 1.42 bits per heavy atom. The first kappa shape index (κ1) is 8.80. The van der Waals surface area contributed by atoms with Gasteiger partial charge in [-0.05, 0) is 12.5 Å². The van der Waals surface area contributed by atoms with Crippen LogP contribution in [0.2, 0.25) is 0 Å². The molecular weight excluding hydrogens is 158 g/mol. The summed E-state index contributed by atoms with van der Waals surface area (Å²) < 4.78 is 0. The molecule has 1 heterocycles. The van der Waals surface area contributed by atoms with Gasteiger partial charge in [-0.2, -0.15) is 4.98 Å². The summed E-state index contributed by atoms with van der Waals surface area (Å²) in [5, 5.41) is 26.8. The molecule has 1 aromatic rings. The zero-order chi connectivity index (χ0) is 9.14. The first-order chi connectivity index (χ1) is 5.65. The normalized spacial score (nSPS) is 10.2. The van der Waals surface area contributed by atoms with E-state index in [0.717, 1.165) is 5.56 Å². The van der Waals surface area contributed by atoms with Crippen LogP contribution in [-0.2, 0) is 6.42 Å². The molecule has 66 valence electrons. The first-order valence-corrected chi connectivity index (χ1v) is 3.64. The smallest absolute Gasteiger partial charge is 0.217 e. The minimum absolute atomic E-state index is 0.0408. The van der Waals surface area contributed by atoms with Gasteiger partial charge in [0.2, 0.25) is 11.8 Å². The summed E-state index contributed by atoms with van der Waals surface area (Å²) in [5.74, 6) is -0.409. The van der Waals surface area contributed by atoms with E-state index in [9.17, 15) is 5.11 Å². The van der Waals surface area contributed by atoms with Crippen molar-refractivity contribution in [3.63, 3.8) is 0 Å². The average molecular weight is 169 g/mol. The molecular formula is C8H11NO3. The average Bonchev–Trinajstić information content (AvgIpc) is 1.96. The van der Waals surface area contributed by atoms with E-state index in [1.54, 1.807) is 6.92 Å². The van der Waals surface area contributed by atoms with Crippen molar-refractivity contribution in [3.8, 4) is 11.8 Å². The predicted octanol–water partition coefficient (Wildman–Crippen LogP) is 0.336. The van der Waals surface area contributed by atoms with Crippen molar-refractivity contribution >= 4 is 0 Å². The van der Waals surface area contributed by atoms with E-state index in [-0.39, 0.29) is 18.4 Å². The van der Waals surface area contributed by atoms with Crippen molar-refractivity contribution in [1.82, 2.24) is 4.98 Å². The maximum absolute atomic E-state index is 9.22. The first-order valence-electron chi connectivity index (χ1n) is 3.64. The third-order valence-electron chi connectivity index (χ3n) is 1.67. The van der Waals surface area contributed by atoms with Gasteiger partial charge in [0.25, 0.3) is 0 Å². The molecule has 0 atom stereocenters. The third-order valence-corrected chi connectivity index (χ3v) is 1.67. The Kier molecular flexibility index (Phi) is 2.50. The molecule has 12 heavy (non-hydrogen) atoms. The van der Waals surface area contributed by atoms with E-state index >= 15 is 0 Å². The van der Waals surface area contributed by atoms with Crippen molar-refractivity contribution in [1.29, 1.82) is 0 Å². The van der Waals surface area contributed by atoms with Crippen LogP contribution < -0.4 is 0 Å². The number of aromatic hydroxyl groups is 2. The predicted molar refractivity (Wildman–Crippen MR) is 43.1 cm³/mol. The molecule has 4 nitrogen and oxygen atoms in total. The Morgan fingerprint density at radius 3 is 2.58 bits per heavy atom. The fourth-order valence-electron chi connectivity index (χ4n) is 1.09. The Bertz CT molecular complexity index is 263. The number of hydrogen-bond donors (Lipinski definition) is 3. The Labute approximate surface area is 70.1 Å². The van der Waals surface area contributed by atoms with E-state index in [0.29, 0.717) is 12.0 Å². The number of aliphatic hydroxyl groups is 1. The minimum Gasteiger partial charge on any atom is -0.493 e. The fourth-order valence-corrected chi connectivity index (χ4v) is 1.09. The molecule has 0 aliphatic carbocycles. The van der Waals surface area contributed by atoms with Crippen LogP contribution in [-0.4, -0.2) is 26.9 Å². The fraction of sp³-hybridized carbons (Fsp3) is 0.375. The number of aliphatic hydroxyl groups excluding tert-OH is 1. The van der Waals surface area contributed by atoms with E-state index in [1.807, 2.05) is 0 Å². The molecule has 0 spiro atoms. The van der Waals surface area contributed by atoms with E-state index in [4.69, 9.17) is 10.2 Å². The lowest BCUT2D eigenvalue weighted by atomic mass is 10.1. The van der Waals surface area contributed by atoms with Crippen LogP contribution in [0.25, 0.3) is 0 Å². The SMILES string of the molecule is Cc1cc(O)nc(O)c1CCO. The summed E-state index contributed by atoms with van der Waals surface area (Å²) in [5.41, 5.74) is 1.31. The van der Waals surface area contributed by atoms with Crippen LogP contribution in [0.3, 0.4) is 0 Å². The lowest BCUT2D eigenvalue weighted by molar-refractivity contribution is 0.296. The Hall–Kier alpha value is -1.29. The number of rotatable bonds is 2. The van der Waals surface area contributed by atoms with Crippen LogP contribution in [0.5, 0.6) is 11.8 Å². The van der Waals surface area contributed by atoms with Crippen molar-refractivity contribution in [2.75, 3.05) is 6.61 Å². The lowest BCUT2D eigenvalue weighted by Crippen LogP contribution is -1.96. The Balaban J connectivity index is 3.10. The van der Waals surface area contributed by atoms with Crippen LogP contribution in [0.15, 0.2) is 6.07 Å². The molecule has 0 fully saturated rings. The van der Waals surface area contributed by atoms with Crippen LogP contribution in [0.1, 0.15) is 11.1 Å². The van der Waals surface area contributed by atoms with Gasteiger partial charge in [0.1, 0.15) is 0 Å². The third kappa shape index (κ3) is 1.65. The van der Waals surface area contributed by atoms with Crippen molar-refractivity contribution in [2.24, 2.45) is 0 Å². The van der Waals surface area contributed by atoms with Crippen molar-refractivity contribution in [2.45, 2.75) is 13.3 Å². The second-order valence-corrected chi connectivity index (χ2v) is 2.57. The van der Waals surface area contributed by atoms with Crippen LogP contribution in [0, 0.1) is 6.92 Å². The molecule has 0 unspecified atom stereocenters. The molecule has 4 heteroatoms. The van der Waals surface area contributed by atoms with E-state index in [1.165, 1.54) is 6.07 Å². The molecule has 1 aromatic heterocycles. The number of pyridine rings is 1. The van der Waals surface area contributed by atoms with Gasteiger partial charge in [-0.1, -0.05) is 0 Å². The highest BCUT2D eigenvalue weighted by Crippen LogP contribution is 2.22. The molecule has 0 aliphatic heterocycles. The van der Waals surface area contributed by atoms with Crippen molar-refractivity contribution < 1.29 is 15.3 Å². The molecule has 0 bridgehead atoms. The summed E-state index contributed by atoms with van der Waals surface area (Å²) in [4.78, 5) is 3.45. The maximum Gasteiger partial charge on any atom is 0.217 e. The minimum atomic E-state index is -0.207. The highest BCUT2D eigenvalue weighted by atomic mass is 16.3. The van der Waals surface area contributed by atoms with Gasteiger partial charge in [0.15, 0.2) is 0 Å². The van der Waals surface area contributed by atoms with Gasteiger partial charge in [-0.15, -0.1) is 0 Å². The molecule has 0 aliphatic rings. The highest BCUT2D eigenvalue weighted by molar-refractivity contribution is 5.36. The maximum atomic E-state index is 9.22. The number of nitrogens with zero attached hydrogens (tertiary/aromatic N) is 1. The topological polar surface area (TPSA) is 73.6 Å². The number of hydrogen-bond acceptors (Lipinski definition) is 4. The number of aromatic nitrogens is 1. The largest absolute Gasteiger partial charge is 0.493 e. The molecule has 0 radical (unpaired) electrons. The quantitative estimate of drug-likeness (QED) is 0.596. The summed E-state index contributed by atoms with van der Waals surface area (Å²) in [6.07, 6.45) is 0.352. The summed E-state index contributed by atoms with van der Waals surface area (Å²) in [7, 11) is 0. The molecule has 0 saturated heterocycles. The van der Waals surface area contributed by atoms with Crippen molar-refractivity contribution in [3.05, 3.63) is 17.2 Å². The highest BCUT2D eigenvalue weighted by Gasteiger charge is 2.07. The number of aryl methyl sites for hydroxylation is 1. The zero-order valence-electron chi connectivity index (χ0n) is 6.78. The molecule has 0 saturated carbocycles.